The summed E-state index contributed by atoms with van der Waals surface area (Å²) in [5.74, 6) is -0.448. The Hall–Kier alpha value is -3.47. The quantitative estimate of drug-likeness (QED) is 0.565. The number of nitrogens with zero attached hydrogens (tertiary/aromatic N) is 1. The summed E-state index contributed by atoms with van der Waals surface area (Å²) in [6.07, 6.45) is 1.26. The fourth-order valence-electron chi connectivity index (χ4n) is 3.11. The molecule has 1 heterocycles. The molecule has 0 radical (unpaired) electrons. The van der Waals surface area contributed by atoms with Gasteiger partial charge in [0.1, 0.15) is 17.1 Å². The molecular weight excluding hydrogens is 331 g/mol. The van der Waals surface area contributed by atoms with Gasteiger partial charge in [0, 0.05) is 5.56 Å². The van der Waals surface area contributed by atoms with E-state index in [1.165, 1.54) is 18.5 Å². The molecule has 0 bridgehead atoms. The van der Waals surface area contributed by atoms with Gasteiger partial charge in [-0.3, -0.25) is 4.79 Å². The molecule has 2 N–H and O–H groups in total. The maximum atomic E-state index is 13.4. The number of aryl methyl sites for hydroxylation is 1. The van der Waals surface area contributed by atoms with Crippen molar-refractivity contribution in [1.82, 2.24) is 9.97 Å². The smallest absolute Gasteiger partial charge is 0.259 e. The molecule has 0 saturated heterocycles. The van der Waals surface area contributed by atoms with Crippen LogP contribution >= 0.6 is 0 Å². The number of hydrogen-bond donors (Lipinski definition) is 2. The summed E-state index contributed by atoms with van der Waals surface area (Å²) in [4.78, 5) is 19.3. The second-order valence-electron chi connectivity index (χ2n) is 6.15. The SMILES string of the molecule is Cc1ccc(-c2c(-c3ccc(F)cc3)cc(O)c3nc[nH]c(=O)c23)cc1. The molecule has 26 heavy (non-hydrogen) atoms. The Morgan fingerprint density at radius 1 is 1.00 bits per heavy atom. The Morgan fingerprint density at radius 3 is 2.35 bits per heavy atom. The molecule has 4 aromatic rings. The van der Waals surface area contributed by atoms with E-state index in [4.69, 9.17) is 0 Å². The number of benzene rings is 3. The van der Waals surface area contributed by atoms with Gasteiger partial charge >= 0.3 is 0 Å². The molecule has 0 atom stereocenters. The van der Waals surface area contributed by atoms with Crippen molar-refractivity contribution in [2.45, 2.75) is 6.92 Å². The van der Waals surface area contributed by atoms with Crippen molar-refractivity contribution < 1.29 is 9.50 Å². The van der Waals surface area contributed by atoms with Crippen LogP contribution in [-0.2, 0) is 0 Å². The first-order chi connectivity index (χ1) is 12.5. The number of phenolic OH excluding ortho intramolecular Hbond substituents is 1. The molecular formula is C21H15FN2O2. The Kier molecular flexibility index (Phi) is 3.77. The van der Waals surface area contributed by atoms with Gasteiger partial charge < -0.3 is 10.1 Å². The summed E-state index contributed by atoms with van der Waals surface area (Å²) >= 11 is 0. The summed E-state index contributed by atoms with van der Waals surface area (Å²) in [6, 6.07) is 15.3. The van der Waals surface area contributed by atoms with E-state index in [2.05, 4.69) is 9.97 Å². The van der Waals surface area contributed by atoms with Crippen LogP contribution in [0.15, 0.2) is 65.7 Å². The van der Waals surface area contributed by atoms with E-state index in [1.54, 1.807) is 18.2 Å². The number of halogens is 1. The number of hydrogen-bond acceptors (Lipinski definition) is 3. The fraction of sp³-hybridized carbons (Fsp3) is 0.0476. The molecule has 4 nitrogen and oxygen atoms in total. The second-order valence-corrected chi connectivity index (χ2v) is 6.15. The molecule has 0 amide bonds. The number of H-pyrrole nitrogens is 1. The van der Waals surface area contributed by atoms with Crippen molar-refractivity contribution in [1.29, 1.82) is 0 Å². The van der Waals surface area contributed by atoms with Gasteiger partial charge in [0.25, 0.3) is 5.56 Å². The zero-order chi connectivity index (χ0) is 18.3. The molecule has 128 valence electrons. The minimum atomic E-state index is -0.352. The monoisotopic (exact) mass is 346 g/mol. The number of aromatic hydroxyl groups is 1. The number of nitrogens with one attached hydrogen (secondary N) is 1. The van der Waals surface area contributed by atoms with E-state index in [0.717, 1.165) is 11.1 Å². The molecule has 5 heteroatoms. The molecule has 0 unspecified atom stereocenters. The lowest BCUT2D eigenvalue weighted by molar-refractivity contribution is 0.480. The number of rotatable bonds is 2. The van der Waals surface area contributed by atoms with Crippen molar-refractivity contribution in [3.63, 3.8) is 0 Å². The van der Waals surface area contributed by atoms with E-state index in [-0.39, 0.29) is 22.6 Å². The lowest BCUT2D eigenvalue weighted by Crippen LogP contribution is -2.08. The van der Waals surface area contributed by atoms with Crippen molar-refractivity contribution in [3.05, 3.63) is 82.7 Å². The van der Waals surface area contributed by atoms with E-state index < -0.39 is 0 Å². The minimum absolute atomic E-state index is 0.0960. The Balaban J connectivity index is 2.15. The normalized spacial score (nSPS) is 11.0. The van der Waals surface area contributed by atoms with Crippen LogP contribution < -0.4 is 5.56 Å². The first-order valence-corrected chi connectivity index (χ1v) is 8.11. The topological polar surface area (TPSA) is 66.0 Å². The Morgan fingerprint density at radius 2 is 1.65 bits per heavy atom. The van der Waals surface area contributed by atoms with Crippen LogP contribution in [-0.4, -0.2) is 15.1 Å². The van der Waals surface area contributed by atoms with Gasteiger partial charge in [0.05, 0.1) is 11.7 Å². The maximum absolute atomic E-state index is 13.4. The predicted molar refractivity (Wildman–Crippen MR) is 99.6 cm³/mol. The molecule has 0 aliphatic rings. The largest absolute Gasteiger partial charge is 0.506 e. The zero-order valence-electron chi connectivity index (χ0n) is 14.0. The van der Waals surface area contributed by atoms with Gasteiger partial charge in [-0.1, -0.05) is 42.0 Å². The summed E-state index contributed by atoms with van der Waals surface area (Å²) in [5, 5.41) is 10.7. The lowest BCUT2D eigenvalue weighted by atomic mass is 9.90. The molecule has 1 aromatic heterocycles. The summed E-state index contributed by atoms with van der Waals surface area (Å²) in [5.41, 5.74) is 3.78. The third-order valence-electron chi connectivity index (χ3n) is 4.39. The van der Waals surface area contributed by atoms with E-state index in [0.29, 0.717) is 22.1 Å². The van der Waals surface area contributed by atoms with Crippen molar-refractivity contribution in [3.8, 4) is 28.0 Å². The number of aromatic nitrogens is 2. The van der Waals surface area contributed by atoms with Crippen molar-refractivity contribution in [2.75, 3.05) is 0 Å². The highest BCUT2D eigenvalue weighted by Gasteiger charge is 2.18. The van der Waals surface area contributed by atoms with Crippen LogP contribution in [0.3, 0.4) is 0 Å². The first-order valence-electron chi connectivity index (χ1n) is 8.11. The molecule has 0 spiro atoms. The molecule has 0 aliphatic carbocycles. The molecule has 0 aliphatic heterocycles. The van der Waals surface area contributed by atoms with E-state index >= 15 is 0 Å². The number of aromatic amines is 1. The van der Waals surface area contributed by atoms with Crippen LogP contribution in [0, 0.1) is 12.7 Å². The van der Waals surface area contributed by atoms with E-state index in [1.807, 2.05) is 31.2 Å². The summed E-state index contributed by atoms with van der Waals surface area (Å²) in [7, 11) is 0. The second kappa shape index (κ2) is 6.11. The van der Waals surface area contributed by atoms with Crippen molar-refractivity contribution >= 4 is 10.9 Å². The summed E-state index contributed by atoms with van der Waals surface area (Å²) in [6.45, 7) is 1.98. The van der Waals surface area contributed by atoms with Crippen LogP contribution in [0.5, 0.6) is 5.75 Å². The van der Waals surface area contributed by atoms with Gasteiger partial charge in [-0.15, -0.1) is 0 Å². The Bertz CT molecular complexity index is 1160. The van der Waals surface area contributed by atoms with Gasteiger partial charge in [-0.2, -0.15) is 0 Å². The minimum Gasteiger partial charge on any atom is -0.506 e. The average molecular weight is 346 g/mol. The number of fused-ring (bicyclic) bond motifs is 1. The fourth-order valence-corrected chi connectivity index (χ4v) is 3.11. The van der Waals surface area contributed by atoms with Crippen LogP contribution in [0.25, 0.3) is 33.2 Å². The molecule has 3 aromatic carbocycles. The summed E-state index contributed by atoms with van der Waals surface area (Å²) < 4.78 is 13.4. The molecule has 0 saturated carbocycles. The molecule has 0 fully saturated rings. The predicted octanol–water partition coefficient (Wildman–Crippen LogP) is 4.41. The van der Waals surface area contributed by atoms with Crippen LogP contribution in [0.1, 0.15) is 5.56 Å². The lowest BCUT2D eigenvalue weighted by Gasteiger charge is -2.14. The van der Waals surface area contributed by atoms with Gasteiger partial charge in [0.2, 0.25) is 0 Å². The third kappa shape index (κ3) is 2.63. The van der Waals surface area contributed by atoms with Gasteiger partial charge in [0.15, 0.2) is 0 Å². The highest BCUT2D eigenvalue weighted by Crippen LogP contribution is 2.40. The highest BCUT2D eigenvalue weighted by molar-refractivity contribution is 6.04. The molecule has 4 rings (SSSR count). The van der Waals surface area contributed by atoms with Gasteiger partial charge in [-0.25, -0.2) is 9.37 Å². The van der Waals surface area contributed by atoms with E-state index in [9.17, 15) is 14.3 Å². The van der Waals surface area contributed by atoms with Crippen LogP contribution in [0.4, 0.5) is 4.39 Å². The highest BCUT2D eigenvalue weighted by atomic mass is 19.1. The first kappa shape index (κ1) is 16.0. The number of phenols is 1. The average Bonchev–Trinajstić information content (AvgIpc) is 2.64. The zero-order valence-corrected chi connectivity index (χ0v) is 14.0. The third-order valence-corrected chi connectivity index (χ3v) is 4.39. The van der Waals surface area contributed by atoms with Crippen molar-refractivity contribution in [2.24, 2.45) is 0 Å². The van der Waals surface area contributed by atoms with Gasteiger partial charge in [-0.05, 0) is 41.8 Å². The maximum Gasteiger partial charge on any atom is 0.259 e. The Labute approximate surface area is 148 Å². The van der Waals surface area contributed by atoms with Crippen LogP contribution in [0.2, 0.25) is 0 Å². The standard InChI is InChI=1S/C21H15FN2O2/c1-12-2-4-14(5-3-12)18-16(13-6-8-15(22)9-7-13)10-17(25)20-19(18)21(26)24-11-23-20/h2-11,25H,1H3,(H,23,24,26).